The first-order valence-corrected chi connectivity index (χ1v) is 12.9. The highest BCUT2D eigenvalue weighted by atomic mass is 32.2. The van der Waals surface area contributed by atoms with Crippen LogP contribution in [0.25, 0.3) is 0 Å². The molecule has 1 aromatic carbocycles. The Morgan fingerprint density at radius 3 is 2.83 bits per heavy atom. The summed E-state index contributed by atoms with van der Waals surface area (Å²) in [5.74, 6) is -0.168. The predicted molar refractivity (Wildman–Crippen MR) is 117 cm³/mol. The summed E-state index contributed by atoms with van der Waals surface area (Å²) < 4.78 is 25.3. The van der Waals surface area contributed by atoms with Gasteiger partial charge in [0.2, 0.25) is 11.8 Å². The number of sulfone groups is 1. The first-order valence-electron chi connectivity index (χ1n) is 9.36. The normalized spacial score (nSPS) is 16.6. The maximum atomic E-state index is 12.7. The van der Waals surface area contributed by atoms with Gasteiger partial charge in [-0.3, -0.25) is 9.59 Å². The molecule has 1 aromatic heterocycles. The molecule has 9 heteroatoms. The van der Waals surface area contributed by atoms with E-state index in [-0.39, 0.29) is 34.8 Å². The van der Waals surface area contributed by atoms with Gasteiger partial charge in [-0.05, 0) is 48.6 Å². The second-order valence-electron chi connectivity index (χ2n) is 7.05. The molecule has 2 N–H and O–H groups in total. The molecule has 0 saturated heterocycles. The first kappa shape index (κ1) is 21.9. The van der Waals surface area contributed by atoms with Gasteiger partial charge in [0.05, 0.1) is 16.3 Å². The molecule has 0 fully saturated rings. The lowest BCUT2D eigenvalue weighted by Crippen LogP contribution is -2.27. The van der Waals surface area contributed by atoms with Crippen LogP contribution in [-0.4, -0.2) is 38.3 Å². The van der Waals surface area contributed by atoms with Gasteiger partial charge in [0, 0.05) is 34.4 Å². The van der Waals surface area contributed by atoms with E-state index in [0.717, 1.165) is 11.3 Å². The number of amides is 2. The number of carbonyl (C=O) groups excluding carboxylic acids is 2. The standard InChI is InChI=1S/C20H24N2O4S3/c1-13-6-9-27-17(13)5-8-21-19(23)7-10-29(25,26)15-3-4-18-16(11-15)22-20(24)14(2)12-28-18/h3-4,6,9,11,14H,5,7-8,10,12H2,1-2H3,(H,21,23)(H,22,24)/t14-/m0/s1. The fourth-order valence-electron chi connectivity index (χ4n) is 2.88. The average Bonchev–Trinajstić information content (AvgIpc) is 3.03. The maximum absolute atomic E-state index is 12.7. The van der Waals surface area contributed by atoms with E-state index in [2.05, 4.69) is 10.6 Å². The van der Waals surface area contributed by atoms with Crippen LogP contribution in [0, 0.1) is 12.8 Å². The lowest BCUT2D eigenvalue weighted by atomic mass is 10.2. The Bertz CT molecular complexity index is 1010. The molecule has 0 saturated carbocycles. The van der Waals surface area contributed by atoms with Crippen LogP contribution in [0.4, 0.5) is 5.69 Å². The summed E-state index contributed by atoms with van der Waals surface area (Å²) in [6.45, 7) is 4.35. The van der Waals surface area contributed by atoms with Crippen LogP contribution in [0.15, 0.2) is 39.4 Å². The number of aryl methyl sites for hydroxylation is 1. The fourth-order valence-corrected chi connectivity index (χ4v) is 6.06. The number of benzene rings is 1. The molecule has 2 amide bonds. The maximum Gasteiger partial charge on any atom is 0.228 e. The molecule has 29 heavy (non-hydrogen) atoms. The molecule has 0 unspecified atom stereocenters. The molecule has 0 radical (unpaired) electrons. The van der Waals surface area contributed by atoms with Gasteiger partial charge < -0.3 is 10.6 Å². The number of hydrogen-bond donors (Lipinski definition) is 2. The highest BCUT2D eigenvalue weighted by Crippen LogP contribution is 2.34. The van der Waals surface area contributed by atoms with E-state index < -0.39 is 9.84 Å². The number of anilines is 1. The van der Waals surface area contributed by atoms with Gasteiger partial charge in [-0.15, -0.1) is 23.1 Å². The number of carbonyl (C=O) groups is 2. The number of thioether (sulfide) groups is 1. The second-order valence-corrected chi connectivity index (χ2v) is 11.2. The Morgan fingerprint density at radius 2 is 2.10 bits per heavy atom. The molecule has 2 aromatic rings. The number of fused-ring (bicyclic) bond motifs is 1. The van der Waals surface area contributed by atoms with E-state index in [1.165, 1.54) is 28.3 Å². The van der Waals surface area contributed by atoms with Crippen molar-refractivity contribution >= 4 is 50.4 Å². The van der Waals surface area contributed by atoms with Gasteiger partial charge in [0.15, 0.2) is 9.84 Å². The van der Waals surface area contributed by atoms with Crippen molar-refractivity contribution in [1.82, 2.24) is 5.32 Å². The van der Waals surface area contributed by atoms with Crippen LogP contribution < -0.4 is 10.6 Å². The Morgan fingerprint density at radius 1 is 1.31 bits per heavy atom. The molecule has 6 nitrogen and oxygen atoms in total. The molecular formula is C20H24N2O4S3. The first-order chi connectivity index (χ1) is 13.8. The van der Waals surface area contributed by atoms with Crippen molar-refractivity contribution in [1.29, 1.82) is 0 Å². The molecule has 1 aliphatic rings. The quantitative estimate of drug-likeness (QED) is 0.673. The predicted octanol–water partition coefficient (Wildman–Crippen LogP) is 3.26. The summed E-state index contributed by atoms with van der Waals surface area (Å²) in [5.41, 5.74) is 1.72. The molecule has 0 bridgehead atoms. The zero-order valence-electron chi connectivity index (χ0n) is 16.4. The third-order valence-corrected chi connectivity index (χ3v) is 8.87. The van der Waals surface area contributed by atoms with Gasteiger partial charge in [-0.1, -0.05) is 6.92 Å². The van der Waals surface area contributed by atoms with Gasteiger partial charge in [0.25, 0.3) is 0 Å². The highest BCUT2D eigenvalue weighted by Gasteiger charge is 2.23. The Labute approximate surface area is 179 Å². The summed E-state index contributed by atoms with van der Waals surface area (Å²) >= 11 is 3.18. The number of nitrogens with one attached hydrogen (secondary N) is 2. The van der Waals surface area contributed by atoms with Crippen molar-refractivity contribution in [3.8, 4) is 0 Å². The van der Waals surface area contributed by atoms with E-state index in [1.807, 2.05) is 25.3 Å². The topological polar surface area (TPSA) is 92.3 Å². The third kappa shape index (κ3) is 5.61. The molecular weight excluding hydrogens is 428 g/mol. The van der Waals surface area contributed by atoms with Crippen molar-refractivity contribution < 1.29 is 18.0 Å². The van der Waals surface area contributed by atoms with Crippen molar-refractivity contribution in [2.75, 3.05) is 23.4 Å². The largest absolute Gasteiger partial charge is 0.356 e. The van der Waals surface area contributed by atoms with Crippen LogP contribution >= 0.6 is 23.1 Å². The minimum atomic E-state index is -3.63. The smallest absolute Gasteiger partial charge is 0.228 e. The van der Waals surface area contributed by atoms with E-state index >= 15 is 0 Å². The molecule has 1 aliphatic heterocycles. The van der Waals surface area contributed by atoms with Crippen LogP contribution in [-0.2, 0) is 25.8 Å². The molecule has 0 spiro atoms. The summed E-state index contributed by atoms with van der Waals surface area (Å²) in [6.07, 6.45) is 0.642. The lowest BCUT2D eigenvalue weighted by molar-refractivity contribution is -0.120. The van der Waals surface area contributed by atoms with E-state index in [0.29, 0.717) is 18.0 Å². The molecule has 2 heterocycles. The number of rotatable bonds is 7. The average molecular weight is 453 g/mol. The monoisotopic (exact) mass is 452 g/mol. The van der Waals surface area contributed by atoms with Crippen molar-refractivity contribution in [2.24, 2.45) is 5.92 Å². The molecule has 1 atom stereocenters. The van der Waals surface area contributed by atoms with Gasteiger partial charge in [-0.25, -0.2) is 8.42 Å². The molecule has 156 valence electrons. The van der Waals surface area contributed by atoms with Crippen LogP contribution in [0.1, 0.15) is 23.8 Å². The number of hydrogen-bond acceptors (Lipinski definition) is 6. The summed E-state index contributed by atoms with van der Waals surface area (Å²) in [7, 11) is -3.63. The van der Waals surface area contributed by atoms with Crippen molar-refractivity contribution in [3.63, 3.8) is 0 Å². The second kappa shape index (κ2) is 9.32. The summed E-state index contributed by atoms with van der Waals surface area (Å²) in [4.78, 5) is 26.3. The zero-order chi connectivity index (χ0) is 21.0. The summed E-state index contributed by atoms with van der Waals surface area (Å²) in [5, 5.41) is 7.59. The third-order valence-electron chi connectivity index (χ3n) is 4.74. The van der Waals surface area contributed by atoms with Gasteiger partial charge in [0.1, 0.15) is 0 Å². The van der Waals surface area contributed by atoms with Crippen LogP contribution in [0.5, 0.6) is 0 Å². The molecule has 0 aliphatic carbocycles. The van der Waals surface area contributed by atoms with Gasteiger partial charge in [-0.2, -0.15) is 0 Å². The zero-order valence-corrected chi connectivity index (χ0v) is 18.8. The molecule has 3 rings (SSSR count). The van der Waals surface area contributed by atoms with E-state index in [1.54, 1.807) is 23.5 Å². The minimum Gasteiger partial charge on any atom is -0.356 e. The Hall–Kier alpha value is -1.84. The van der Waals surface area contributed by atoms with Gasteiger partial charge >= 0.3 is 0 Å². The van der Waals surface area contributed by atoms with Crippen molar-refractivity contribution in [2.45, 2.75) is 36.5 Å². The van der Waals surface area contributed by atoms with Crippen molar-refractivity contribution in [3.05, 3.63) is 40.1 Å². The Balaban J connectivity index is 1.57. The van der Waals surface area contributed by atoms with E-state index in [4.69, 9.17) is 0 Å². The van der Waals surface area contributed by atoms with E-state index in [9.17, 15) is 18.0 Å². The fraction of sp³-hybridized carbons (Fsp3) is 0.400. The summed E-state index contributed by atoms with van der Waals surface area (Å²) in [6, 6.07) is 6.79. The van der Waals surface area contributed by atoms with Crippen LogP contribution in [0.3, 0.4) is 0 Å². The highest BCUT2D eigenvalue weighted by molar-refractivity contribution is 7.99. The SMILES string of the molecule is Cc1ccsc1CCNC(=O)CCS(=O)(=O)c1ccc2c(c1)NC(=O)[C@@H](C)CS2. The minimum absolute atomic E-state index is 0.0962. The Kier molecular flexibility index (Phi) is 7.02. The number of thiophene rings is 1. The lowest BCUT2D eigenvalue weighted by Gasteiger charge is -2.10. The van der Waals surface area contributed by atoms with Crippen LogP contribution in [0.2, 0.25) is 0 Å².